The number of benzene rings is 2. The second kappa shape index (κ2) is 6.52. The van der Waals surface area contributed by atoms with Gasteiger partial charge >= 0.3 is 6.09 Å². The first-order valence-corrected chi connectivity index (χ1v) is 8.45. The number of carbonyl (C=O) groups excluding carboxylic acids is 1. The van der Waals surface area contributed by atoms with Crippen LogP contribution in [-0.2, 0) is 4.74 Å². The number of amides is 1. The first-order chi connectivity index (χ1) is 12.2. The van der Waals surface area contributed by atoms with E-state index in [2.05, 4.69) is 17.2 Å². The Labute approximate surface area is 147 Å². The van der Waals surface area contributed by atoms with Gasteiger partial charge in [0.25, 0.3) is 0 Å². The molecule has 0 unspecified atom stereocenters. The minimum absolute atomic E-state index is 0.248. The van der Waals surface area contributed by atoms with Gasteiger partial charge in [-0.25, -0.2) is 4.79 Å². The van der Waals surface area contributed by atoms with Crippen molar-refractivity contribution in [2.75, 3.05) is 7.11 Å². The Bertz CT molecular complexity index is 861. The van der Waals surface area contributed by atoms with E-state index in [-0.39, 0.29) is 6.04 Å². The van der Waals surface area contributed by atoms with E-state index >= 15 is 0 Å². The minimum atomic E-state index is -0.410. The van der Waals surface area contributed by atoms with Crippen molar-refractivity contribution < 1.29 is 14.3 Å². The van der Waals surface area contributed by atoms with Crippen LogP contribution in [0.2, 0.25) is 0 Å². The molecule has 0 radical (unpaired) electrons. The predicted molar refractivity (Wildman–Crippen MR) is 94.1 cm³/mol. The highest BCUT2D eigenvalue weighted by atomic mass is 16.6. The maximum Gasteiger partial charge on any atom is 0.408 e. The van der Waals surface area contributed by atoms with Crippen molar-refractivity contribution in [1.29, 1.82) is 0 Å². The molecular weight excluding hydrogens is 314 g/mol. The third-order valence-corrected chi connectivity index (χ3v) is 4.48. The number of methoxy groups -OCH3 is 1. The SMILES string of the molecule is COc1cccc([C@H]2OC(=O)N[C@@H]2c2cccc(C#CC3CC3)c2)c1. The van der Waals surface area contributed by atoms with E-state index in [0.717, 1.165) is 22.4 Å². The molecular formula is C21H19NO3. The second-order valence-electron chi connectivity index (χ2n) is 6.39. The third-order valence-electron chi connectivity index (χ3n) is 4.48. The quantitative estimate of drug-likeness (QED) is 0.864. The Morgan fingerprint density at radius 1 is 1.12 bits per heavy atom. The lowest BCUT2D eigenvalue weighted by atomic mass is 9.95. The molecule has 1 heterocycles. The number of hydrogen-bond acceptors (Lipinski definition) is 3. The zero-order chi connectivity index (χ0) is 17.2. The van der Waals surface area contributed by atoms with Gasteiger partial charge in [0.1, 0.15) is 5.75 Å². The molecule has 1 aliphatic heterocycles. The second-order valence-corrected chi connectivity index (χ2v) is 6.39. The first kappa shape index (κ1) is 15.6. The summed E-state index contributed by atoms with van der Waals surface area (Å²) in [5.74, 6) is 7.80. The van der Waals surface area contributed by atoms with Gasteiger partial charge in [-0.05, 0) is 48.2 Å². The number of nitrogens with one attached hydrogen (secondary N) is 1. The van der Waals surface area contributed by atoms with Gasteiger partial charge in [0, 0.05) is 11.5 Å². The summed E-state index contributed by atoms with van der Waals surface area (Å²) in [5, 5.41) is 2.91. The molecule has 0 spiro atoms. The lowest BCUT2D eigenvalue weighted by molar-refractivity contribution is 0.132. The Morgan fingerprint density at radius 2 is 1.92 bits per heavy atom. The average molecular weight is 333 g/mol. The van der Waals surface area contributed by atoms with Crippen LogP contribution < -0.4 is 10.1 Å². The number of ether oxygens (including phenoxy) is 2. The molecule has 2 aliphatic rings. The monoisotopic (exact) mass is 333 g/mol. The molecule has 2 aromatic rings. The van der Waals surface area contributed by atoms with E-state index in [1.807, 2.05) is 48.5 Å². The molecule has 0 aromatic heterocycles. The molecule has 4 rings (SSSR count). The number of carbonyl (C=O) groups is 1. The van der Waals surface area contributed by atoms with E-state index in [1.165, 1.54) is 12.8 Å². The molecule has 2 aromatic carbocycles. The molecule has 4 nitrogen and oxygen atoms in total. The largest absolute Gasteiger partial charge is 0.497 e. The van der Waals surface area contributed by atoms with Crippen molar-refractivity contribution >= 4 is 6.09 Å². The number of hydrogen-bond donors (Lipinski definition) is 1. The molecule has 0 bridgehead atoms. The lowest BCUT2D eigenvalue weighted by Gasteiger charge is -2.18. The zero-order valence-corrected chi connectivity index (χ0v) is 14.0. The van der Waals surface area contributed by atoms with E-state index in [1.54, 1.807) is 7.11 Å². The van der Waals surface area contributed by atoms with E-state index in [9.17, 15) is 4.79 Å². The predicted octanol–water partition coefficient (Wildman–Crippen LogP) is 3.98. The van der Waals surface area contributed by atoms with Gasteiger partial charge in [-0.15, -0.1) is 0 Å². The van der Waals surface area contributed by atoms with Crippen molar-refractivity contribution in [2.24, 2.45) is 5.92 Å². The molecule has 1 aliphatic carbocycles. The van der Waals surface area contributed by atoms with Crippen LogP contribution >= 0.6 is 0 Å². The van der Waals surface area contributed by atoms with Crippen LogP contribution in [0.3, 0.4) is 0 Å². The Hall–Kier alpha value is -2.93. The molecule has 1 saturated carbocycles. The van der Waals surface area contributed by atoms with Gasteiger partial charge < -0.3 is 14.8 Å². The fourth-order valence-corrected chi connectivity index (χ4v) is 2.98. The number of rotatable bonds is 3. The lowest BCUT2D eigenvalue weighted by Crippen LogP contribution is -2.19. The maximum atomic E-state index is 11.9. The van der Waals surface area contributed by atoms with E-state index < -0.39 is 12.2 Å². The van der Waals surface area contributed by atoms with Crippen LogP contribution in [0.1, 0.15) is 41.7 Å². The van der Waals surface area contributed by atoms with Gasteiger partial charge in [-0.2, -0.15) is 0 Å². The highest BCUT2D eigenvalue weighted by molar-refractivity contribution is 5.71. The highest BCUT2D eigenvalue weighted by Gasteiger charge is 2.36. The zero-order valence-electron chi connectivity index (χ0n) is 14.0. The van der Waals surface area contributed by atoms with E-state index in [4.69, 9.17) is 9.47 Å². The van der Waals surface area contributed by atoms with Crippen LogP contribution in [0, 0.1) is 17.8 Å². The number of alkyl carbamates (subject to hydrolysis) is 1. The summed E-state index contributed by atoms with van der Waals surface area (Å²) in [7, 11) is 1.62. The Morgan fingerprint density at radius 3 is 2.72 bits per heavy atom. The summed E-state index contributed by atoms with van der Waals surface area (Å²) in [6.07, 6.45) is 1.61. The molecule has 4 heteroatoms. The topological polar surface area (TPSA) is 47.6 Å². The third kappa shape index (κ3) is 3.46. The molecule has 1 amide bonds. The Balaban J connectivity index is 1.64. The fraction of sp³-hybridized carbons (Fsp3) is 0.286. The summed E-state index contributed by atoms with van der Waals surface area (Å²) >= 11 is 0. The molecule has 25 heavy (non-hydrogen) atoms. The van der Waals surface area contributed by atoms with Crippen molar-refractivity contribution in [1.82, 2.24) is 5.32 Å². The van der Waals surface area contributed by atoms with E-state index in [0.29, 0.717) is 5.92 Å². The van der Waals surface area contributed by atoms with Gasteiger partial charge in [0.15, 0.2) is 6.10 Å². The van der Waals surface area contributed by atoms with Gasteiger partial charge in [-0.1, -0.05) is 36.1 Å². The summed E-state index contributed by atoms with van der Waals surface area (Å²) in [6, 6.07) is 15.4. The van der Waals surface area contributed by atoms with Gasteiger partial charge in [0.05, 0.1) is 13.2 Å². The van der Waals surface area contributed by atoms with Gasteiger partial charge in [-0.3, -0.25) is 0 Å². The standard InChI is InChI=1S/C21H19NO3/c1-24-18-7-3-6-17(13-18)20-19(22-21(23)25-20)16-5-2-4-15(12-16)11-10-14-8-9-14/h2-7,12-14,19-20H,8-9H2,1H3,(H,22,23)/t19-,20-/m1/s1. The molecule has 2 atom stereocenters. The summed E-state index contributed by atoms with van der Waals surface area (Å²) in [6.45, 7) is 0. The summed E-state index contributed by atoms with van der Waals surface area (Å²) in [4.78, 5) is 11.9. The van der Waals surface area contributed by atoms with Crippen molar-refractivity contribution in [3.63, 3.8) is 0 Å². The average Bonchev–Trinajstić information content (AvgIpc) is 3.40. The molecule has 126 valence electrons. The molecule has 1 saturated heterocycles. The normalized spacial score (nSPS) is 21.7. The Kier molecular flexibility index (Phi) is 4.07. The minimum Gasteiger partial charge on any atom is -0.497 e. The summed E-state index contributed by atoms with van der Waals surface area (Å²) in [5.41, 5.74) is 2.85. The van der Waals surface area contributed by atoms with Crippen LogP contribution in [0.25, 0.3) is 0 Å². The first-order valence-electron chi connectivity index (χ1n) is 8.45. The van der Waals surface area contributed by atoms with Crippen LogP contribution in [0.15, 0.2) is 48.5 Å². The van der Waals surface area contributed by atoms with Crippen LogP contribution in [0.4, 0.5) is 4.79 Å². The van der Waals surface area contributed by atoms with Crippen molar-refractivity contribution in [3.8, 4) is 17.6 Å². The van der Waals surface area contributed by atoms with Crippen LogP contribution in [-0.4, -0.2) is 13.2 Å². The number of cyclic esters (lactones) is 1. The smallest absolute Gasteiger partial charge is 0.408 e. The highest BCUT2D eigenvalue weighted by Crippen LogP contribution is 2.37. The van der Waals surface area contributed by atoms with Crippen molar-refractivity contribution in [2.45, 2.75) is 25.0 Å². The molecule has 1 N–H and O–H groups in total. The molecule has 2 fully saturated rings. The van der Waals surface area contributed by atoms with Crippen molar-refractivity contribution in [3.05, 3.63) is 65.2 Å². The summed E-state index contributed by atoms with van der Waals surface area (Å²) < 4.78 is 10.8. The fourth-order valence-electron chi connectivity index (χ4n) is 2.98. The van der Waals surface area contributed by atoms with Gasteiger partial charge in [0.2, 0.25) is 0 Å². The maximum absolute atomic E-state index is 11.9. The van der Waals surface area contributed by atoms with Crippen LogP contribution in [0.5, 0.6) is 5.75 Å².